The largest absolute Gasteiger partial charge is 0.493 e. The molecule has 0 aliphatic carbocycles. The second-order valence-electron chi connectivity index (χ2n) is 4.86. The van der Waals surface area contributed by atoms with Gasteiger partial charge < -0.3 is 15.2 Å². The minimum Gasteiger partial charge on any atom is -0.493 e. The third-order valence-corrected chi connectivity index (χ3v) is 3.42. The number of hydrogen-bond acceptors (Lipinski definition) is 4. The number of aliphatic hydroxyl groups excluding tert-OH is 1. The number of hydrogen-bond donors (Lipinski definition) is 2. The van der Waals surface area contributed by atoms with Gasteiger partial charge in [0, 0.05) is 30.9 Å². The molecule has 0 unspecified atom stereocenters. The number of carbonyl (C=O) groups is 1. The van der Waals surface area contributed by atoms with Crippen molar-refractivity contribution in [1.29, 1.82) is 0 Å². The van der Waals surface area contributed by atoms with Gasteiger partial charge in [0.05, 0.1) is 18.8 Å². The Labute approximate surface area is 122 Å². The number of benzene rings is 1. The molecule has 1 amide bonds. The smallest absolute Gasteiger partial charge is 0.252 e. The summed E-state index contributed by atoms with van der Waals surface area (Å²) in [5.41, 5.74) is 3.57. The first kappa shape index (κ1) is 13.6. The molecule has 2 heterocycles. The molecule has 2 aromatic rings. The standard InChI is InChI=1S/C16H16N2O3/c19-5-4-18-16(20)14-8-13(9-17-10-14)11-1-2-15-12(7-11)3-6-21-15/h1-2,7-10,19H,3-6H2,(H,18,20). The summed E-state index contributed by atoms with van der Waals surface area (Å²) < 4.78 is 5.49. The van der Waals surface area contributed by atoms with Crippen LogP contribution in [0.25, 0.3) is 11.1 Å². The highest BCUT2D eigenvalue weighted by Gasteiger charge is 2.13. The summed E-state index contributed by atoms with van der Waals surface area (Å²) in [7, 11) is 0. The Balaban J connectivity index is 1.87. The molecule has 0 saturated heterocycles. The van der Waals surface area contributed by atoms with Gasteiger partial charge in [-0.1, -0.05) is 6.07 Å². The lowest BCUT2D eigenvalue weighted by atomic mass is 10.0. The SMILES string of the molecule is O=C(NCCO)c1cncc(-c2ccc3c(c2)CCO3)c1. The zero-order valence-electron chi connectivity index (χ0n) is 11.5. The highest BCUT2D eigenvalue weighted by atomic mass is 16.5. The van der Waals surface area contributed by atoms with Gasteiger partial charge in [-0.05, 0) is 29.3 Å². The van der Waals surface area contributed by atoms with Crippen LogP contribution in [-0.2, 0) is 6.42 Å². The number of ether oxygens (including phenoxy) is 1. The fraction of sp³-hybridized carbons (Fsp3) is 0.250. The predicted molar refractivity (Wildman–Crippen MR) is 78.3 cm³/mol. The summed E-state index contributed by atoms with van der Waals surface area (Å²) >= 11 is 0. The molecule has 0 fully saturated rings. The van der Waals surface area contributed by atoms with Crippen molar-refractivity contribution in [2.24, 2.45) is 0 Å². The lowest BCUT2D eigenvalue weighted by Crippen LogP contribution is -2.26. The molecule has 108 valence electrons. The average Bonchev–Trinajstić information content (AvgIpc) is 3.00. The van der Waals surface area contributed by atoms with Gasteiger partial charge >= 0.3 is 0 Å². The second kappa shape index (κ2) is 5.93. The van der Waals surface area contributed by atoms with Crippen molar-refractivity contribution in [2.45, 2.75) is 6.42 Å². The van der Waals surface area contributed by atoms with Gasteiger partial charge in [-0.2, -0.15) is 0 Å². The topological polar surface area (TPSA) is 71.5 Å². The van der Waals surface area contributed by atoms with Crippen LogP contribution in [0.4, 0.5) is 0 Å². The number of amides is 1. The number of nitrogens with one attached hydrogen (secondary N) is 1. The van der Waals surface area contributed by atoms with Crippen molar-refractivity contribution in [3.8, 4) is 16.9 Å². The third kappa shape index (κ3) is 2.87. The molecule has 0 bridgehead atoms. The number of fused-ring (bicyclic) bond motifs is 1. The molecule has 1 aliphatic rings. The van der Waals surface area contributed by atoms with Crippen molar-refractivity contribution in [3.05, 3.63) is 47.8 Å². The molecule has 1 aromatic heterocycles. The Morgan fingerprint density at radius 1 is 1.29 bits per heavy atom. The van der Waals surface area contributed by atoms with Crippen LogP contribution in [0.2, 0.25) is 0 Å². The lowest BCUT2D eigenvalue weighted by Gasteiger charge is -2.07. The molecule has 21 heavy (non-hydrogen) atoms. The summed E-state index contributed by atoms with van der Waals surface area (Å²) in [6.45, 7) is 0.879. The number of nitrogens with zero attached hydrogens (tertiary/aromatic N) is 1. The van der Waals surface area contributed by atoms with E-state index >= 15 is 0 Å². The first-order chi connectivity index (χ1) is 10.3. The van der Waals surface area contributed by atoms with E-state index in [1.165, 1.54) is 11.8 Å². The molecule has 1 aliphatic heterocycles. The maximum Gasteiger partial charge on any atom is 0.252 e. The van der Waals surface area contributed by atoms with Crippen molar-refractivity contribution >= 4 is 5.91 Å². The third-order valence-electron chi connectivity index (χ3n) is 3.42. The van der Waals surface area contributed by atoms with E-state index in [0.717, 1.165) is 29.9 Å². The molecule has 1 aromatic carbocycles. The lowest BCUT2D eigenvalue weighted by molar-refractivity contribution is 0.0944. The Bertz CT molecular complexity index is 670. The van der Waals surface area contributed by atoms with E-state index in [1.807, 2.05) is 12.1 Å². The molecule has 2 N–H and O–H groups in total. The monoisotopic (exact) mass is 284 g/mol. The number of carbonyl (C=O) groups excluding carboxylic acids is 1. The van der Waals surface area contributed by atoms with E-state index in [-0.39, 0.29) is 19.1 Å². The van der Waals surface area contributed by atoms with Crippen molar-refractivity contribution in [1.82, 2.24) is 10.3 Å². The molecule has 0 radical (unpaired) electrons. The Morgan fingerprint density at radius 3 is 3.05 bits per heavy atom. The summed E-state index contributed by atoms with van der Waals surface area (Å²) in [5.74, 6) is 0.700. The quantitative estimate of drug-likeness (QED) is 0.890. The van der Waals surface area contributed by atoms with Crippen LogP contribution in [0.1, 0.15) is 15.9 Å². The highest BCUT2D eigenvalue weighted by Crippen LogP contribution is 2.30. The van der Waals surface area contributed by atoms with Gasteiger partial charge in [-0.15, -0.1) is 0 Å². The van der Waals surface area contributed by atoms with Gasteiger partial charge in [0.1, 0.15) is 5.75 Å². The van der Waals surface area contributed by atoms with Gasteiger partial charge in [-0.25, -0.2) is 0 Å². The molecular weight excluding hydrogens is 268 g/mol. The minimum atomic E-state index is -0.233. The summed E-state index contributed by atoms with van der Waals surface area (Å²) in [5, 5.41) is 11.4. The summed E-state index contributed by atoms with van der Waals surface area (Å²) in [6.07, 6.45) is 4.17. The van der Waals surface area contributed by atoms with Crippen LogP contribution in [0.5, 0.6) is 5.75 Å². The molecule has 0 atom stereocenters. The fourth-order valence-corrected chi connectivity index (χ4v) is 2.36. The maximum absolute atomic E-state index is 11.9. The average molecular weight is 284 g/mol. The maximum atomic E-state index is 11.9. The second-order valence-corrected chi connectivity index (χ2v) is 4.86. The number of aromatic nitrogens is 1. The van der Waals surface area contributed by atoms with E-state index < -0.39 is 0 Å². The minimum absolute atomic E-state index is 0.0797. The van der Waals surface area contributed by atoms with Crippen LogP contribution < -0.4 is 10.1 Å². The number of rotatable bonds is 4. The van der Waals surface area contributed by atoms with Gasteiger partial charge in [0.15, 0.2) is 0 Å². The molecule has 5 heteroatoms. The zero-order chi connectivity index (χ0) is 14.7. The van der Waals surface area contributed by atoms with E-state index in [4.69, 9.17) is 9.84 Å². The molecular formula is C16H16N2O3. The fourth-order valence-electron chi connectivity index (χ4n) is 2.36. The van der Waals surface area contributed by atoms with Crippen LogP contribution in [0, 0.1) is 0 Å². The Kier molecular flexibility index (Phi) is 3.83. The Hall–Kier alpha value is -2.40. The first-order valence-corrected chi connectivity index (χ1v) is 6.88. The predicted octanol–water partition coefficient (Wildman–Crippen LogP) is 1.41. The van der Waals surface area contributed by atoms with Crippen LogP contribution in [0.3, 0.4) is 0 Å². The summed E-state index contributed by atoms with van der Waals surface area (Å²) in [4.78, 5) is 16.0. The zero-order valence-corrected chi connectivity index (χ0v) is 11.5. The number of pyridine rings is 1. The molecule has 0 spiro atoms. The molecule has 3 rings (SSSR count). The Morgan fingerprint density at radius 2 is 2.19 bits per heavy atom. The van der Waals surface area contributed by atoms with Crippen LogP contribution in [0.15, 0.2) is 36.7 Å². The van der Waals surface area contributed by atoms with E-state index in [2.05, 4.69) is 16.4 Å². The van der Waals surface area contributed by atoms with Crippen molar-refractivity contribution in [2.75, 3.05) is 19.8 Å². The molecule has 5 nitrogen and oxygen atoms in total. The van der Waals surface area contributed by atoms with E-state index in [1.54, 1.807) is 12.3 Å². The van der Waals surface area contributed by atoms with Crippen LogP contribution in [-0.4, -0.2) is 35.8 Å². The first-order valence-electron chi connectivity index (χ1n) is 6.88. The van der Waals surface area contributed by atoms with Crippen LogP contribution >= 0.6 is 0 Å². The summed E-state index contributed by atoms with van der Waals surface area (Å²) in [6, 6.07) is 7.80. The normalized spacial score (nSPS) is 12.6. The van der Waals surface area contributed by atoms with Gasteiger partial charge in [-0.3, -0.25) is 9.78 Å². The molecule has 0 saturated carbocycles. The van der Waals surface area contributed by atoms with E-state index in [9.17, 15) is 4.79 Å². The number of aliphatic hydroxyl groups is 1. The van der Waals surface area contributed by atoms with Crippen molar-refractivity contribution in [3.63, 3.8) is 0 Å². The van der Waals surface area contributed by atoms with E-state index in [0.29, 0.717) is 5.56 Å². The van der Waals surface area contributed by atoms with Gasteiger partial charge in [0.2, 0.25) is 0 Å². The van der Waals surface area contributed by atoms with Gasteiger partial charge in [0.25, 0.3) is 5.91 Å². The highest BCUT2D eigenvalue weighted by molar-refractivity contribution is 5.95. The van der Waals surface area contributed by atoms with Crippen molar-refractivity contribution < 1.29 is 14.6 Å².